The first kappa shape index (κ1) is 12.7. The van der Waals surface area contributed by atoms with Crippen molar-refractivity contribution in [3.63, 3.8) is 0 Å². The Hall–Kier alpha value is -2.33. The lowest BCUT2D eigenvalue weighted by atomic mass is 10.1. The summed E-state index contributed by atoms with van der Waals surface area (Å²) < 4.78 is 5.55. The van der Waals surface area contributed by atoms with E-state index in [1.165, 1.54) is 0 Å². The number of carbonyl (C=O) groups is 1. The van der Waals surface area contributed by atoms with Gasteiger partial charge >= 0.3 is 0 Å². The molecule has 0 fully saturated rings. The first-order valence-corrected chi connectivity index (χ1v) is 6.61. The number of anilines is 1. The molecule has 0 spiro atoms. The van der Waals surface area contributed by atoms with Gasteiger partial charge in [-0.2, -0.15) is 0 Å². The average Bonchev–Trinajstić information content (AvgIpc) is 2.54. The molecule has 1 amide bonds. The van der Waals surface area contributed by atoms with Crippen LogP contribution in [0.15, 0.2) is 54.6 Å². The molecule has 20 heavy (non-hydrogen) atoms. The van der Waals surface area contributed by atoms with Crippen molar-refractivity contribution < 1.29 is 9.53 Å². The standard InChI is InChI=1S/C16H16N2O2/c17-15(12-6-2-1-3-7-12)16(19)18-10-11-20-14-9-5-4-8-13(14)18/h1-9,15H,10-11,17H2. The summed E-state index contributed by atoms with van der Waals surface area (Å²) in [5.41, 5.74) is 7.70. The molecule has 2 N–H and O–H groups in total. The van der Waals surface area contributed by atoms with Crippen molar-refractivity contribution in [1.29, 1.82) is 0 Å². The van der Waals surface area contributed by atoms with Crippen molar-refractivity contribution in [1.82, 2.24) is 0 Å². The molecule has 4 nitrogen and oxygen atoms in total. The summed E-state index contributed by atoms with van der Waals surface area (Å²) in [4.78, 5) is 14.3. The molecule has 0 aromatic heterocycles. The van der Waals surface area contributed by atoms with E-state index in [9.17, 15) is 4.79 Å². The summed E-state index contributed by atoms with van der Waals surface area (Å²) in [5, 5.41) is 0. The SMILES string of the molecule is NC(C(=O)N1CCOc2ccccc21)c1ccccc1. The quantitative estimate of drug-likeness (QED) is 0.907. The zero-order chi connectivity index (χ0) is 13.9. The van der Waals surface area contributed by atoms with Crippen molar-refractivity contribution in [2.24, 2.45) is 5.73 Å². The van der Waals surface area contributed by atoms with Crippen LogP contribution in [-0.4, -0.2) is 19.1 Å². The minimum absolute atomic E-state index is 0.105. The van der Waals surface area contributed by atoms with Gasteiger partial charge in [0.2, 0.25) is 5.91 Å². The Morgan fingerprint density at radius 2 is 1.80 bits per heavy atom. The lowest BCUT2D eigenvalue weighted by Crippen LogP contribution is -2.43. The first-order valence-electron chi connectivity index (χ1n) is 6.61. The Morgan fingerprint density at radius 1 is 1.10 bits per heavy atom. The second-order valence-electron chi connectivity index (χ2n) is 4.69. The summed E-state index contributed by atoms with van der Waals surface area (Å²) in [6, 6.07) is 16.3. The number of benzene rings is 2. The molecule has 0 radical (unpaired) electrons. The van der Waals surface area contributed by atoms with Gasteiger partial charge in [-0.15, -0.1) is 0 Å². The van der Waals surface area contributed by atoms with E-state index in [1.54, 1.807) is 4.90 Å². The summed E-state index contributed by atoms with van der Waals surface area (Å²) >= 11 is 0. The van der Waals surface area contributed by atoms with Crippen LogP contribution in [0.3, 0.4) is 0 Å². The topological polar surface area (TPSA) is 55.6 Å². The fraction of sp³-hybridized carbons (Fsp3) is 0.188. The van der Waals surface area contributed by atoms with Crippen LogP contribution in [0, 0.1) is 0 Å². The highest BCUT2D eigenvalue weighted by molar-refractivity contribution is 5.99. The molecule has 2 aromatic carbocycles. The molecule has 0 aliphatic carbocycles. The van der Waals surface area contributed by atoms with E-state index < -0.39 is 6.04 Å². The molecule has 2 aromatic rings. The number of carbonyl (C=O) groups excluding carboxylic acids is 1. The van der Waals surface area contributed by atoms with Gasteiger partial charge in [-0.3, -0.25) is 4.79 Å². The third kappa shape index (κ3) is 2.26. The number of hydrogen-bond donors (Lipinski definition) is 1. The molecular formula is C16H16N2O2. The van der Waals surface area contributed by atoms with Crippen LogP contribution in [0.5, 0.6) is 5.75 Å². The molecule has 1 atom stereocenters. The monoisotopic (exact) mass is 268 g/mol. The maximum atomic E-state index is 12.6. The lowest BCUT2D eigenvalue weighted by molar-refractivity contribution is -0.120. The first-order chi connectivity index (χ1) is 9.77. The molecule has 1 unspecified atom stereocenters. The van der Waals surface area contributed by atoms with Crippen LogP contribution < -0.4 is 15.4 Å². The second-order valence-corrected chi connectivity index (χ2v) is 4.69. The molecule has 102 valence electrons. The Labute approximate surface area is 117 Å². The van der Waals surface area contributed by atoms with Crippen LogP contribution in [0.25, 0.3) is 0 Å². The van der Waals surface area contributed by atoms with Crippen LogP contribution in [-0.2, 0) is 4.79 Å². The number of nitrogens with two attached hydrogens (primary N) is 1. The van der Waals surface area contributed by atoms with E-state index in [0.717, 1.165) is 17.0 Å². The smallest absolute Gasteiger partial charge is 0.248 e. The predicted molar refractivity (Wildman–Crippen MR) is 77.7 cm³/mol. The second kappa shape index (κ2) is 5.35. The Morgan fingerprint density at radius 3 is 2.60 bits per heavy atom. The van der Waals surface area contributed by atoms with E-state index in [2.05, 4.69) is 0 Å². The normalized spacial score (nSPS) is 15.2. The number of ether oxygens (including phenoxy) is 1. The van der Waals surface area contributed by atoms with E-state index in [1.807, 2.05) is 54.6 Å². The molecule has 3 rings (SSSR count). The zero-order valence-electron chi connectivity index (χ0n) is 11.0. The summed E-state index contributed by atoms with van der Waals surface area (Å²) in [7, 11) is 0. The van der Waals surface area contributed by atoms with Gasteiger partial charge in [0.05, 0.1) is 12.2 Å². The van der Waals surface area contributed by atoms with Crippen LogP contribution in [0.4, 0.5) is 5.69 Å². The molecule has 1 aliphatic heterocycles. The van der Waals surface area contributed by atoms with Crippen molar-refractivity contribution in [3.05, 3.63) is 60.2 Å². The largest absolute Gasteiger partial charge is 0.490 e. The van der Waals surface area contributed by atoms with Crippen molar-refractivity contribution in [2.75, 3.05) is 18.1 Å². The van der Waals surface area contributed by atoms with Gasteiger partial charge < -0.3 is 15.4 Å². The molecule has 1 aliphatic rings. The van der Waals surface area contributed by atoms with E-state index in [4.69, 9.17) is 10.5 Å². The average molecular weight is 268 g/mol. The van der Waals surface area contributed by atoms with Gasteiger partial charge in [0.25, 0.3) is 0 Å². The number of hydrogen-bond acceptors (Lipinski definition) is 3. The van der Waals surface area contributed by atoms with Crippen LogP contribution >= 0.6 is 0 Å². The highest BCUT2D eigenvalue weighted by Crippen LogP contribution is 2.32. The van der Waals surface area contributed by atoms with Crippen molar-refractivity contribution >= 4 is 11.6 Å². The molecule has 0 bridgehead atoms. The van der Waals surface area contributed by atoms with Gasteiger partial charge in [-0.05, 0) is 17.7 Å². The Balaban J connectivity index is 1.89. The lowest BCUT2D eigenvalue weighted by Gasteiger charge is -2.31. The van der Waals surface area contributed by atoms with E-state index in [-0.39, 0.29) is 5.91 Å². The summed E-state index contributed by atoms with van der Waals surface area (Å²) in [6.07, 6.45) is 0. The fourth-order valence-electron chi connectivity index (χ4n) is 2.37. The number of amides is 1. The summed E-state index contributed by atoms with van der Waals surface area (Å²) in [5.74, 6) is 0.624. The number of rotatable bonds is 2. The third-order valence-electron chi connectivity index (χ3n) is 3.42. The molecule has 4 heteroatoms. The van der Waals surface area contributed by atoms with Gasteiger partial charge in [0, 0.05) is 0 Å². The fourth-order valence-corrected chi connectivity index (χ4v) is 2.37. The van der Waals surface area contributed by atoms with Crippen molar-refractivity contribution in [3.8, 4) is 5.75 Å². The predicted octanol–water partition coefficient (Wildman–Crippen LogP) is 2.11. The van der Waals surface area contributed by atoms with E-state index >= 15 is 0 Å². The van der Waals surface area contributed by atoms with Gasteiger partial charge in [0.15, 0.2) is 0 Å². The van der Waals surface area contributed by atoms with E-state index in [0.29, 0.717) is 13.2 Å². The maximum Gasteiger partial charge on any atom is 0.248 e. The van der Waals surface area contributed by atoms with Gasteiger partial charge in [-0.25, -0.2) is 0 Å². The van der Waals surface area contributed by atoms with Crippen molar-refractivity contribution in [2.45, 2.75) is 6.04 Å². The molecular weight excluding hydrogens is 252 g/mol. The van der Waals surface area contributed by atoms with Crippen LogP contribution in [0.1, 0.15) is 11.6 Å². The number of para-hydroxylation sites is 2. The zero-order valence-corrected chi connectivity index (χ0v) is 11.0. The highest BCUT2D eigenvalue weighted by atomic mass is 16.5. The molecule has 0 saturated carbocycles. The highest BCUT2D eigenvalue weighted by Gasteiger charge is 2.27. The minimum atomic E-state index is -0.651. The Bertz CT molecular complexity index is 613. The minimum Gasteiger partial charge on any atom is -0.490 e. The third-order valence-corrected chi connectivity index (χ3v) is 3.42. The maximum absolute atomic E-state index is 12.6. The number of fused-ring (bicyclic) bond motifs is 1. The number of nitrogens with zero attached hydrogens (tertiary/aromatic N) is 1. The van der Waals surface area contributed by atoms with Crippen LogP contribution in [0.2, 0.25) is 0 Å². The summed E-state index contributed by atoms with van der Waals surface area (Å²) in [6.45, 7) is 1.01. The molecule has 1 heterocycles. The Kier molecular flexibility index (Phi) is 3.39. The molecule has 0 saturated heterocycles. The van der Waals surface area contributed by atoms with Gasteiger partial charge in [-0.1, -0.05) is 42.5 Å². The van der Waals surface area contributed by atoms with Gasteiger partial charge in [0.1, 0.15) is 18.4 Å².